The van der Waals surface area contributed by atoms with E-state index < -0.39 is 0 Å². The van der Waals surface area contributed by atoms with Gasteiger partial charge in [-0.15, -0.1) is 0 Å². The summed E-state index contributed by atoms with van der Waals surface area (Å²) in [5.41, 5.74) is 0. The normalized spacial score (nSPS) is 33.6. The first-order chi connectivity index (χ1) is 6.65. The van der Waals surface area contributed by atoms with Crippen molar-refractivity contribution in [2.75, 3.05) is 11.9 Å². The molecule has 84 valence electrons. The van der Waals surface area contributed by atoms with Crippen molar-refractivity contribution in [2.45, 2.75) is 46.1 Å². The molecule has 0 aliphatic heterocycles. The van der Waals surface area contributed by atoms with Crippen LogP contribution in [0.3, 0.4) is 0 Å². The third-order valence-corrected chi connectivity index (χ3v) is 3.69. The monoisotopic (exact) mass is 262 g/mol. The molecule has 1 fully saturated rings. The average Bonchev–Trinajstić information content (AvgIpc) is 2.14. The van der Waals surface area contributed by atoms with Crippen LogP contribution in [0.5, 0.6) is 0 Å². The van der Waals surface area contributed by atoms with Crippen molar-refractivity contribution in [1.29, 1.82) is 0 Å². The van der Waals surface area contributed by atoms with E-state index in [-0.39, 0.29) is 0 Å². The number of alkyl halides is 1. The highest BCUT2D eigenvalue weighted by molar-refractivity contribution is 9.09. The van der Waals surface area contributed by atoms with Crippen LogP contribution in [0.15, 0.2) is 0 Å². The van der Waals surface area contributed by atoms with E-state index in [1.54, 1.807) is 0 Å². The van der Waals surface area contributed by atoms with Gasteiger partial charge in [-0.25, -0.2) is 0 Å². The Labute approximate surface area is 96.7 Å². The Morgan fingerprint density at radius 1 is 1.36 bits per heavy atom. The number of halogens is 1. The highest BCUT2D eigenvalue weighted by Crippen LogP contribution is 2.35. The molecule has 1 aliphatic carbocycles. The molecular weight excluding hydrogens is 240 g/mol. The lowest BCUT2D eigenvalue weighted by Gasteiger charge is -2.37. The van der Waals surface area contributed by atoms with Gasteiger partial charge in [0.25, 0.3) is 0 Å². The van der Waals surface area contributed by atoms with E-state index in [1.165, 1.54) is 19.3 Å². The van der Waals surface area contributed by atoms with Crippen LogP contribution in [0.1, 0.15) is 40.0 Å². The summed E-state index contributed by atoms with van der Waals surface area (Å²) in [6, 6.07) is 0. The van der Waals surface area contributed by atoms with Gasteiger partial charge in [-0.05, 0) is 30.6 Å². The molecule has 0 unspecified atom stereocenters. The van der Waals surface area contributed by atoms with Crippen LogP contribution in [0.25, 0.3) is 0 Å². The third-order valence-electron chi connectivity index (χ3n) is 3.37. The van der Waals surface area contributed by atoms with Gasteiger partial charge in [-0.3, -0.25) is 0 Å². The van der Waals surface area contributed by atoms with Gasteiger partial charge in [0.05, 0.1) is 12.7 Å². The fourth-order valence-electron chi connectivity index (χ4n) is 2.50. The molecule has 2 heteroatoms. The topological polar surface area (TPSA) is 9.23 Å². The number of ether oxygens (including phenoxy) is 1. The molecule has 1 aliphatic rings. The minimum atomic E-state index is 0.510. The van der Waals surface area contributed by atoms with Crippen LogP contribution in [-0.4, -0.2) is 18.0 Å². The second kappa shape index (κ2) is 6.12. The molecule has 0 amide bonds. The van der Waals surface area contributed by atoms with E-state index in [2.05, 4.69) is 36.7 Å². The molecule has 3 atom stereocenters. The molecule has 14 heavy (non-hydrogen) atoms. The molecule has 0 heterocycles. The lowest BCUT2D eigenvalue weighted by atomic mass is 9.75. The van der Waals surface area contributed by atoms with Gasteiger partial charge in [0.1, 0.15) is 0 Å². The Bertz CT molecular complexity index is 158. The smallest absolute Gasteiger partial charge is 0.0608 e. The van der Waals surface area contributed by atoms with Gasteiger partial charge in [-0.2, -0.15) is 0 Å². The molecule has 0 aromatic rings. The van der Waals surface area contributed by atoms with Gasteiger partial charge in [-0.1, -0.05) is 43.1 Å². The SMILES string of the molecule is CC(C)[C@H]1CC[C@H](C)C[C@@H]1OCCBr. The fourth-order valence-corrected chi connectivity index (χ4v) is 2.69. The zero-order valence-electron chi connectivity index (χ0n) is 9.63. The van der Waals surface area contributed by atoms with E-state index in [4.69, 9.17) is 4.74 Å². The molecule has 1 nitrogen and oxygen atoms in total. The molecule has 1 saturated carbocycles. The zero-order chi connectivity index (χ0) is 10.6. The number of hydrogen-bond donors (Lipinski definition) is 0. The third kappa shape index (κ3) is 3.54. The van der Waals surface area contributed by atoms with Gasteiger partial charge in [0, 0.05) is 5.33 Å². The Hall–Kier alpha value is 0.440. The summed E-state index contributed by atoms with van der Waals surface area (Å²) >= 11 is 3.42. The minimum absolute atomic E-state index is 0.510. The van der Waals surface area contributed by atoms with Crippen molar-refractivity contribution in [3.8, 4) is 0 Å². The molecule has 0 bridgehead atoms. The Morgan fingerprint density at radius 3 is 2.64 bits per heavy atom. The zero-order valence-corrected chi connectivity index (χ0v) is 11.2. The average molecular weight is 263 g/mol. The molecule has 0 aromatic carbocycles. The van der Waals surface area contributed by atoms with Crippen molar-refractivity contribution in [1.82, 2.24) is 0 Å². The maximum absolute atomic E-state index is 5.93. The summed E-state index contributed by atoms with van der Waals surface area (Å²) in [7, 11) is 0. The van der Waals surface area contributed by atoms with E-state index >= 15 is 0 Å². The maximum Gasteiger partial charge on any atom is 0.0608 e. The lowest BCUT2D eigenvalue weighted by molar-refractivity contribution is -0.0313. The van der Waals surface area contributed by atoms with Gasteiger partial charge < -0.3 is 4.74 Å². The second-order valence-corrected chi connectivity index (χ2v) is 5.72. The number of rotatable bonds is 4. The van der Waals surface area contributed by atoms with Crippen molar-refractivity contribution in [2.24, 2.45) is 17.8 Å². The molecule has 0 N–H and O–H groups in total. The van der Waals surface area contributed by atoms with E-state index in [0.29, 0.717) is 6.10 Å². The summed E-state index contributed by atoms with van der Waals surface area (Å²) in [6.45, 7) is 7.86. The molecule has 0 aromatic heterocycles. The number of hydrogen-bond acceptors (Lipinski definition) is 1. The lowest BCUT2D eigenvalue weighted by Crippen LogP contribution is -2.34. The van der Waals surface area contributed by atoms with Crippen molar-refractivity contribution in [3.63, 3.8) is 0 Å². The summed E-state index contributed by atoms with van der Waals surface area (Å²) < 4.78 is 5.93. The summed E-state index contributed by atoms with van der Waals surface area (Å²) in [6.07, 6.45) is 4.51. The molecule has 1 rings (SSSR count). The van der Waals surface area contributed by atoms with Crippen LogP contribution in [0.4, 0.5) is 0 Å². The Balaban J connectivity index is 2.45. The predicted octanol–water partition coefficient (Wildman–Crippen LogP) is 3.86. The Morgan fingerprint density at radius 2 is 2.07 bits per heavy atom. The highest BCUT2D eigenvalue weighted by Gasteiger charge is 2.30. The van der Waals surface area contributed by atoms with Gasteiger partial charge >= 0.3 is 0 Å². The second-order valence-electron chi connectivity index (χ2n) is 4.92. The fraction of sp³-hybridized carbons (Fsp3) is 1.00. The molecule has 0 spiro atoms. The first-order valence-corrected chi connectivity index (χ1v) is 6.94. The Kier molecular flexibility index (Phi) is 5.47. The highest BCUT2D eigenvalue weighted by atomic mass is 79.9. The van der Waals surface area contributed by atoms with Crippen molar-refractivity contribution in [3.05, 3.63) is 0 Å². The van der Waals surface area contributed by atoms with Crippen LogP contribution < -0.4 is 0 Å². The van der Waals surface area contributed by atoms with E-state index in [9.17, 15) is 0 Å². The maximum atomic E-state index is 5.93. The van der Waals surface area contributed by atoms with Crippen molar-refractivity contribution < 1.29 is 4.74 Å². The quantitative estimate of drug-likeness (QED) is 0.700. The summed E-state index contributed by atoms with van der Waals surface area (Å²) in [5.74, 6) is 2.40. The van der Waals surface area contributed by atoms with Gasteiger partial charge in [0.15, 0.2) is 0 Å². The first-order valence-electron chi connectivity index (χ1n) is 5.82. The van der Waals surface area contributed by atoms with Crippen LogP contribution in [-0.2, 0) is 4.74 Å². The molecular formula is C12H23BrO. The molecule has 0 radical (unpaired) electrons. The van der Waals surface area contributed by atoms with Crippen LogP contribution >= 0.6 is 15.9 Å². The largest absolute Gasteiger partial charge is 0.377 e. The molecule has 0 saturated heterocycles. The standard InChI is InChI=1S/C12H23BrO/c1-9(2)11-5-4-10(3)8-12(11)14-7-6-13/h9-12H,4-8H2,1-3H3/t10-,11+,12-/m0/s1. The van der Waals surface area contributed by atoms with Crippen LogP contribution in [0.2, 0.25) is 0 Å². The summed E-state index contributed by atoms with van der Waals surface area (Å²) in [5, 5.41) is 0.961. The first kappa shape index (κ1) is 12.5. The van der Waals surface area contributed by atoms with Crippen molar-refractivity contribution >= 4 is 15.9 Å². The summed E-state index contributed by atoms with van der Waals surface area (Å²) in [4.78, 5) is 0. The van der Waals surface area contributed by atoms with E-state index in [0.717, 1.165) is 29.7 Å². The van der Waals surface area contributed by atoms with E-state index in [1.807, 2.05) is 0 Å². The van der Waals surface area contributed by atoms with Crippen LogP contribution in [0, 0.1) is 17.8 Å². The minimum Gasteiger partial charge on any atom is -0.377 e. The predicted molar refractivity (Wildman–Crippen MR) is 64.9 cm³/mol. The van der Waals surface area contributed by atoms with Gasteiger partial charge in [0.2, 0.25) is 0 Å².